The summed E-state index contributed by atoms with van der Waals surface area (Å²) in [7, 11) is 2.71. The van der Waals surface area contributed by atoms with Crippen molar-refractivity contribution < 1.29 is 19.1 Å². The maximum absolute atomic E-state index is 12.4. The number of fused-ring (bicyclic) bond motifs is 8. The van der Waals surface area contributed by atoms with Gasteiger partial charge in [0.1, 0.15) is 0 Å². The molecule has 9 rings (SSSR count). The van der Waals surface area contributed by atoms with E-state index in [1.54, 1.807) is 49.1 Å². The standard InChI is InChI=1S/C54H32N6O4/c1-63-53(61)39-15-11-37(12-16-39)51-47-23-19-43(57-47)41(9-5-3-7-35-27-31-55-32-28-35)45-21-25-49(59-45)52(38-13-17-40(18-14-38)54(62)64-2)50-26-22-46(60-50)42(44-20-24-48(51)58-44)10-6-4-8-36-29-33-56-34-30-36/h11-34,57,60H,1-2H3. The zero-order chi connectivity index (χ0) is 43.8. The van der Waals surface area contributed by atoms with Crippen LogP contribution in [0.5, 0.6) is 0 Å². The van der Waals surface area contributed by atoms with E-state index in [0.717, 1.165) is 44.4 Å². The smallest absolute Gasteiger partial charge is 0.337 e. The fourth-order valence-electron chi connectivity index (χ4n) is 7.12. The van der Waals surface area contributed by atoms with Crippen LogP contribution < -0.4 is 0 Å². The summed E-state index contributed by atoms with van der Waals surface area (Å²) in [6, 6.07) is 29.5. The molecule has 0 aliphatic carbocycles. The van der Waals surface area contributed by atoms with E-state index in [0.29, 0.717) is 56.1 Å². The Balaban J connectivity index is 1.35. The lowest BCUT2D eigenvalue weighted by Gasteiger charge is -2.06. The van der Waals surface area contributed by atoms with E-state index in [1.807, 2.05) is 97.1 Å². The second-order valence-electron chi connectivity index (χ2n) is 14.1. The molecule has 2 aliphatic heterocycles. The third-order valence-electron chi connectivity index (χ3n) is 10.2. The molecule has 10 heteroatoms. The molecule has 5 aromatic heterocycles. The Labute approximate surface area is 367 Å². The number of nitrogens with zero attached hydrogens (tertiary/aromatic N) is 4. The second-order valence-corrected chi connectivity index (χ2v) is 14.1. The van der Waals surface area contributed by atoms with Crippen molar-refractivity contribution in [1.82, 2.24) is 29.9 Å². The molecule has 7 heterocycles. The molecular weight excluding hydrogens is 797 g/mol. The van der Waals surface area contributed by atoms with Crippen LogP contribution in [0.2, 0.25) is 0 Å². The predicted molar refractivity (Wildman–Crippen MR) is 248 cm³/mol. The number of hydrogen-bond donors (Lipinski definition) is 2. The van der Waals surface area contributed by atoms with E-state index in [1.165, 1.54) is 14.2 Å². The SMILES string of the molecule is COC(=O)c1ccc(-c2c3nc(c(C#CC#Cc4ccncc4)c4ccc([nH]4)c(-c4ccc(C(=O)OC)cc4)c4nc(c(C#CC#Cc5ccncc5)c5ccc2[nH]5)C=C4)C=C3)cc1. The van der Waals surface area contributed by atoms with Crippen molar-refractivity contribution in [3.8, 4) is 69.6 Å². The summed E-state index contributed by atoms with van der Waals surface area (Å²) < 4.78 is 9.96. The Morgan fingerprint density at radius 2 is 0.797 bits per heavy atom. The van der Waals surface area contributed by atoms with Crippen LogP contribution in [0.4, 0.5) is 0 Å². The first-order valence-corrected chi connectivity index (χ1v) is 19.8. The van der Waals surface area contributed by atoms with Crippen molar-refractivity contribution in [1.29, 1.82) is 0 Å². The van der Waals surface area contributed by atoms with Gasteiger partial charge in [0.2, 0.25) is 0 Å². The summed E-state index contributed by atoms with van der Waals surface area (Å²) in [6.45, 7) is 0. The normalized spacial score (nSPS) is 10.8. The Hall–Kier alpha value is -9.48. The first kappa shape index (κ1) is 40.0. The predicted octanol–water partition coefficient (Wildman–Crippen LogP) is 9.16. The van der Waals surface area contributed by atoms with Crippen LogP contribution in [0.3, 0.4) is 0 Å². The summed E-state index contributed by atoms with van der Waals surface area (Å²) in [4.78, 5) is 50.7. The van der Waals surface area contributed by atoms with E-state index in [9.17, 15) is 9.59 Å². The zero-order valence-corrected chi connectivity index (χ0v) is 34.3. The van der Waals surface area contributed by atoms with Crippen LogP contribution in [0.1, 0.15) is 65.7 Å². The highest BCUT2D eigenvalue weighted by atomic mass is 16.5. The van der Waals surface area contributed by atoms with Gasteiger partial charge in [-0.3, -0.25) is 9.97 Å². The summed E-state index contributed by atoms with van der Waals surface area (Å²) in [5.74, 6) is 23.9. The number of ether oxygens (including phenoxy) is 2. The molecule has 8 bridgehead atoms. The molecule has 0 amide bonds. The number of aromatic amines is 2. The average molecular weight is 829 g/mol. The quantitative estimate of drug-likeness (QED) is 0.133. The number of pyridine rings is 2. The van der Waals surface area contributed by atoms with Crippen molar-refractivity contribution in [3.05, 3.63) is 178 Å². The third kappa shape index (κ3) is 8.44. The molecule has 2 aromatic carbocycles. The number of hydrogen-bond acceptors (Lipinski definition) is 8. The highest BCUT2D eigenvalue weighted by Crippen LogP contribution is 2.34. The van der Waals surface area contributed by atoms with Gasteiger partial charge in [0.15, 0.2) is 0 Å². The van der Waals surface area contributed by atoms with Crippen LogP contribution in [-0.4, -0.2) is 56.1 Å². The lowest BCUT2D eigenvalue weighted by atomic mass is 10.0. The van der Waals surface area contributed by atoms with E-state index < -0.39 is 11.9 Å². The molecule has 7 aromatic rings. The lowest BCUT2D eigenvalue weighted by molar-refractivity contribution is 0.0592. The number of methoxy groups -OCH3 is 2. The van der Waals surface area contributed by atoms with E-state index in [4.69, 9.17) is 19.4 Å². The van der Waals surface area contributed by atoms with Gasteiger partial charge >= 0.3 is 11.9 Å². The van der Waals surface area contributed by atoms with Gasteiger partial charge in [-0.1, -0.05) is 36.1 Å². The topological polar surface area (TPSA) is 136 Å². The zero-order valence-electron chi connectivity index (χ0n) is 34.3. The number of benzene rings is 2. The first-order valence-electron chi connectivity index (χ1n) is 19.8. The minimum Gasteiger partial charge on any atom is -0.465 e. The molecule has 0 atom stereocenters. The number of nitrogens with one attached hydrogen (secondary N) is 2. The van der Waals surface area contributed by atoms with E-state index >= 15 is 0 Å². The van der Waals surface area contributed by atoms with Crippen molar-refractivity contribution in [2.24, 2.45) is 0 Å². The average Bonchev–Trinajstić information content (AvgIpc) is 4.20. The minimum atomic E-state index is -0.439. The molecule has 10 nitrogen and oxygen atoms in total. The molecule has 0 radical (unpaired) electrons. The van der Waals surface area contributed by atoms with Gasteiger partial charge in [-0.15, -0.1) is 0 Å². The van der Waals surface area contributed by atoms with Crippen LogP contribution in [-0.2, 0) is 9.47 Å². The Kier molecular flexibility index (Phi) is 11.2. The van der Waals surface area contributed by atoms with Gasteiger partial charge in [-0.25, -0.2) is 19.6 Å². The minimum absolute atomic E-state index is 0.414. The van der Waals surface area contributed by atoms with Crippen molar-refractivity contribution in [3.63, 3.8) is 0 Å². The number of carbonyl (C=O) groups is 2. The fourth-order valence-corrected chi connectivity index (χ4v) is 7.12. The highest BCUT2D eigenvalue weighted by molar-refractivity contribution is 5.97. The van der Waals surface area contributed by atoms with Crippen molar-refractivity contribution in [2.45, 2.75) is 0 Å². The van der Waals surface area contributed by atoms with Crippen LogP contribution >= 0.6 is 0 Å². The van der Waals surface area contributed by atoms with Crippen LogP contribution in [0.15, 0.2) is 122 Å². The summed E-state index contributed by atoms with van der Waals surface area (Å²) in [5, 5.41) is 0. The fraction of sp³-hybridized carbons (Fsp3) is 0.0370. The van der Waals surface area contributed by atoms with Gasteiger partial charge in [0.25, 0.3) is 0 Å². The van der Waals surface area contributed by atoms with Gasteiger partial charge in [-0.2, -0.15) is 0 Å². The molecule has 2 N–H and O–H groups in total. The largest absolute Gasteiger partial charge is 0.465 e. The highest BCUT2D eigenvalue weighted by Gasteiger charge is 2.18. The summed E-state index contributed by atoms with van der Waals surface area (Å²) in [6.07, 6.45) is 14.5. The Morgan fingerprint density at radius 3 is 1.19 bits per heavy atom. The number of H-pyrrole nitrogens is 2. The number of aromatic nitrogens is 6. The van der Waals surface area contributed by atoms with Crippen molar-refractivity contribution in [2.75, 3.05) is 14.2 Å². The summed E-state index contributed by atoms with van der Waals surface area (Å²) in [5.41, 5.74) is 12.1. The number of carbonyl (C=O) groups excluding carboxylic acids is 2. The molecule has 0 spiro atoms. The molecule has 0 fully saturated rings. The second kappa shape index (κ2) is 18.0. The van der Waals surface area contributed by atoms with Gasteiger partial charge in [-0.05, 0) is 144 Å². The Bertz CT molecular complexity index is 3270. The van der Waals surface area contributed by atoms with Gasteiger partial charge in [0, 0.05) is 58.1 Å². The van der Waals surface area contributed by atoms with Crippen molar-refractivity contribution >= 4 is 58.3 Å². The van der Waals surface area contributed by atoms with E-state index in [2.05, 4.69) is 67.3 Å². The van der Waals surface area contributed by atoms with Gasteiger partial charge in [0.05, 0.1) is 70.3 Å². The third-order valence-corrected chi connectivity index (χ3v) is 10.2. The number of esters is 2. The maximum Gasteiger partial charge on any atom is 0.337 e. The lowest BCUT2D eigenvalue weighted by Crippen LogP contribution is -2.00. The molecular formula is C54H32N6O4. The molecule has 2 aliphatic rings. The Morgan fingerprint density at radius 1 is 0.438 bits per heavy atom. The van der Waals surface area contributed by atoms with E-state index in [-0.39, 0.29) is 0 Å². The molecule has 0 saturated carbocycles. The molecule has 64 heavy (non-hydrogen) atoms. The molecule has 0 unspecified atom stereocenters. The van der Waals surface area contributed by atoms with Gasteiger partial charge < -0.3 is 19.4 Å². The monoisotopic (exact) mass is 828 g/mol. The number of rotatable bonds is 4. The first-order chi connectivity index (χ1) is 31.4. The maximum atomic E-state index is 12.4. The van der Waals surface area contributed by atoms with Crippen LogP contribution in [0.25, 0.3) is 68.6 Å². The van der Waals surface area contributed by atoms with Crippen LogP contribution in [0, 0.1) is 47.4 Å². The summed E-state index contributed by atoms with van der Waals surface area (Å²) >= 11 is 0. The molecule has 302 valence electrons. The molecule has 0 saturated heterocycles.